The molecule has 1 aliphatic rings. The summed E-state index contributed by atoms with van der Waals surface area (Å²) in [4.78, 5) is 12.6. The Hall–Kier alpha value is -3.23. The molecular weight excluding hydrogens is 448 g/mol. The lowest BCUT2D eigenvalue weighted by atomic mass is 9.93. The van der Waals surface area contributed by atoms with Crippen molar-refractivity contribution in [2.45, 2.75) is 6.10 Å². The first-order valence-electron chi connectivity index (χ1n) is 11.7. The van der Waals surface area contributed by atoms with Crippen LogP contribution in [-0.2, 0) is 23.7 Å². The van der Waals surface area contributed by atoms with Gasteiger partial charge in [0.1, 0.15) is 12.4 Å². The van der Waals surface area contributed by atoms with Crippen LogP contribution in [0, 0.1) is 0 Å². The molecule has 0 saturated heterocycles. The second kappa shape index (κ2) is 13.0. The smallest absolute Gasteiger partial charge is 0.351 e. The minimum Gasteiger partial charge on any atom is -0.473 e. The van der Waals surface area contributed by atoms with E-state index in [4.69, 9.17) is 28.8 Å². The monoisotopic (exact) mass is 478 g/mol. The zero-order valence-corrected chi connectivity index (χ0v) is 19.6. The van der Waals surface area contributed by atoms with Crippen LogP contribution in [0.3, 0.4) is 0 Å². The lowest BCUT2D eigenvalue weighted by Gasteiger charge is -2.23. The van der Waals surface area contributed by atoms with Gasteiger partial charge in [0.25, 0.3) is 0 Å². The Morgan fingerprint density at radius 1 is 0.800 bits per heavy atom. The van der Waals surface area contributed by atoms with Gasteiger partial charge in [-0.2, -0.15) is 0 Å². The quantitative estimate of drug-likeness (QED) is 0.295. The Morgan fingerprint density at radius 2 is 1.43 bits per heavy atom. The maximum atomic E-state index is 12.6. The summed E-state index contributed by atoms with van der Waals surface area (Å²) < 4.78 is 27.3. The van der Waals surface area contributed by atoms with Gasteiger partial charge in [-0.05, 0) is 28.7 Å². The number of aliphatic hydroxyl groups is 1. The van der Waals surface area contributed by atoms with Crippen LogP contribution in [0.15, 0.2) is 66.7 Å². The van der Waals surface area contributed by atoms with Crippen LogP contribution in [0.5, 0.6) is 5.75 Å². The van der Waals surface area contributed by atoms with Gasteiger partial charge in [0, 0.05) is 10.9 Å². The normalized spacial score (nSPS) is 14.5. The van der Waals surface area contributed by atoms with Crippen molar-refractivity contribution in [3.8, 4) is 16.9 Å². The number of carbonyl (C=O) groups is 1. The first-order valence-corrected chi connectivity index (χ1v) is 11.7. The average Bonchev–Trinajstić information content (AvgIpc) is 2.91. The molecular formula is C28H30O7. The van der Waals surface area contributed by atoms with E-state index in [9.17, 15) is 4.79 Å². The van der Waals surface area contributed by atoms with E-state index < -0.39 is 12.1 Å². The Balaban J connectivity index is 1.29. The van der Waals surface area contributed by atoms with Gasteiger partial charge in [-0.3, -0.25) is 0 Å². The molecule has 0 aliphatic carbocycles. The second-order valence-corrected chi connectivity index (χ2v) is 7.88. The van der Waals surface area contributed by atoms with E-state index in [1.807, 2.05) is 42.5 Å². The van der Waals surface area contributed by atoms with E-state index in [0.717, 1.165) is 27.5 Å². The zero-order chi connectivity index (χ0) is 24.3. The second-order valence-electron chi connectivity index (χ2n) is 7.88. The molecule has 1 unspecified atom stereocenters. The van der Waals surface area contributed by atoms with Crippen molar-refractivity contribution < 1.29 is 33.6 Å². The van der Waals surface area contributed by atoms with Crippen molar-refractivity contribution in [2.24, 2.45) is 0 Å². The molecule has 184 valence electrons. The third-order valence-electron chi connectivity index (χ3n) is 5.49. The molecule has 0 bridgehead atoms. The fourth-order valence-corrected chi connectivity index (χ4v) is 3.86. The lowest BCUT2D eigenvalue weighted by molar-refractivity contribution is -0.151. The summed E-state index contributed by atoms with van der Waals surface area (Å²) in [7, 11) is 0. The summed E-state index contributed by atoms with van der Waals surface area (Å²) in [6.07, 6.45) is 2.83. The van der Waals surface area contributed by atoms with Crippen molar-refractivity contribution in [2.75, 3.05) is 52.9 Å². The first kappa shape index (κ1) is 24.9. The van der Waals surface area contributed by atoms with Gasteiger partial charge in [0.05, 0.1) is 46.2 Å². The van der Waals surface area contributed by atoms with Crippen LogP contribution in [0.1, 0.15) is 5.56 Å². The van der Waals surface area contributed by atoms with Crippen LogP contribution < -0.4 is 4.74 Å². The Labute approximate surface area is 204 Å². The number of hydrogen-bond acceptors (Lipinski definition) is 7. The Morgan fingerprint density at radius 3 is 2.14 bits per heavy atom. The lowest BCUT2D eigenvalue weighted by Crippen LogP contribution is -2.30. The number of esters is 1. The number of benzene rings is 3. The summed E-state index contributed by atoms with van der Waals surface area (Å²) in [6, 6.07) is 20.4. The van der Waals surface area contributed by atoms with Crippen LogP contribution in [0.4, 0.5) is 0 Å². The van der Waals surface area contributed by atoms with Crippen molar-refractivity contribution in [3.63, 3.8) is 0 Å². The first-order chi connectivity index (χ1) is 17.3. The molecule has 7 nitrogen and oxygen atoms in total. The van der Waals surface area contributed by atoms with Gasteiger partial charge < -0.3 is 28.8 Å². The molecule has 0 aromatic heterocycles. The number of rotatable bonds is 13. The number of aliphatic hydroxyl groups excluding tert-OH is 1. The molecule has 1 aliphatic heterocycles. The van der Waals surface area contributed by atoms with E-state index in [0.29, 0.717) is 38.8 Å². The largest absolute Gasteiger partial charge is 0.473 e. The van der Waals surface area contributed by atoms with Crippen LogP contribution in [0.25, 0.3) is 28.0 Å². The molecule has 1 N–H and O–H groups in total. The van der Waals surface area contributed by atoms with Crippen molar-refractivity contribution >= 4 is 22.8 Å². The fraction of sp³-hybridized carbons (Fsp3) is 0.321. The molecule has 0 fully saturated rings. The summed E-state index contributed by atoms with van der Waals surface area (Å²) in [5.41, 5.74) is 3.17. The van der Waals surface area contributed by atoms with Gasteiger partial charge in [0.2, 0.25) is 6.10 Å². The summed E-state index contributed by atoms with van der Waals surface area (Å²) >= 11 is 0. The topological polar surface area (TPSA) is 83.5 Å². The minimum atomic E-state index is -0.810. The number of hydrogen-bond donors (Lipinski definition) is 1. The maximum Gasteiger partial charge on any atom is 0.351 e. The number of fused-ring (bicyclic) bond motifs is 3. The summed E-state index contributed by atoms with van der Waals surface area (Å²) in [5, 5.41) is 10.6. The number of carbonyl (C=O) groups excluding carboxylic acids is 1. The third kappa shape index (κ3) is 6.68. The van der Waals surface area contributed by atoms with E-state index >= 15 is 0 Å². The summed E-state index contributed by atoms with van der Waals surface area (Å²) in [6.45, 7) is 2.38. The van der Waals surface area contributed by atoms with Crippen LogP contribution in [-0.4, -0.2) is 70.0 Å². The maximum absolute atomic E-state index is 12.6. The van der Waals surface area contributed by atoms with Crippen LogP contribution >= 0.6 is 0 Å². The van der Waals surface area contributed by atoms with E-state index in [1.54, 1.807) is 6.08 Å². The highest BCUT2D eigenvalue weighted by atomic mass is 16.6. The minimum absolute atomic E-state index is 0.00180. The van der Waals surface area contributed by atoms with Crippen molar-refractivity contribution in [3.05, 3.63) is 72.3 Å². The molecule has 0 saturated carbocycles. The Kier molecular flexibility index (Phi) is 9.25. The Bertz CT molecular complexity index is 1130. The van der Waals surface area contributed by atoms with E-state index in [2.05, 4.69) is 24.3 Å². The highest BCUT2D eigenvalue weighted by molar-refractivity contribution is 6.03. The molecule has 3 aromatic carbocycles. The molecule has 35 heavy (non-hydrogen) atoms. The van der Waals surface area contributed by atoms with Crippen molar-refractivity contribution in [1.29, 1.82) is 0 Å². The molecule has 0 amide bonds. The molecule has 3 aromatic rings. The zero-order valence-electron chi connectivity index (χ0n) is 19.6. The predicted octanol–water partition coefficient (Wildman–Crippen LogP) is 3.87. The molecule has 1 atom stereocenters. The van der Waals surface area contributed by atoms with Gasteiger partial charge in [0.15, 0.2) is 0 Å². The summed E-state index contributed by atoms with van der Waals surface area (Å²) in [5.74, 6) is 0.227. The molecule has 1 heterocycles. The van der Waals surface area contributed by atoms with E-state index in [-0.39, 0.29) is 19.8 Å². The van der Waals surface area contributed by atoms with Gasteiger partial charge >= 0.3 is 5.97 Å². The predicted molar refractivity (Wildman–Crippen MR) is 133 cm³/mol. The molecule has 7 heteroatoms. The fourth-order valence-electron chi connectivity index (χ4n) is 3.86. The standard InChI is InChI=1S/C28H30O7/c29-12-13-31-14-15-32-16-17-33-18-19-34-28(30)26-11-10-22-20-25(21-6-2-1-3-7-21)23-8-4-5-9-24(23)27(22)35-26/h1-11,20,26,29H,12-19H2. The molecule has 4 rings (SSSR count). The average molecular weight is 479 g/mol. The highest BCUT2D eigenvalue weighted by Gasteiger charge is 2.25. The molecule has 0 spiro atoms. The highest BCUT2D eigenvalue weighted by Crippen LogP contribution is 2.40. The van der Waals surface area contributed by atoms with Gasteiger partial charge in [-0.1, -0.05) is 60.7 Å². The number of ether oxygens (including phenoxy) is 5. The van der Waals surface area contributed by atoms with Crippen LogP contribution in [0.2, 0.25) is 0 Å². The van der Waals surface area contributed by atoms with Gasteiger partial charge in [-0.15, -0.1) is 0 Å². The molecule has 0 radical (unpaired) electrons. The van der Waals surface area contributed by atoms with Gasteiger partial charge in [-0.25, -0.2) is 4.79 Å². The third-order valence-corrected chi connectivity index (χ3v) is 5.49. The van der Waals surface area contributed by atoms with Crippen molar-refractivity contribution in [1.82, 2.24) is 0 Å². The van der Waals surface area contributed by atoms with E-state index in [1.165, 1.54) is 0 Å². The SMILES string of the molecule is O=C(OCCOCCOCCOCCO)C1C=Cc2cc(-c3ccccc3)c3ccccc3c2O1.